The third kappa shape index (κ3) is 2.94. The predicted octanol–water partition coefficient (Wildman–Crippen LogP) is 2.43. The molecule has 6 heteroatoms. The van der Waals surface area contributed by atoms with Gasteiger partial charge in [0, 0.05) is 7.11 Å². The molecule has 100 valence electrons. The molecule has 0 radical (unpaired) electrons. The summed E-state index contributed by atoms with van der Waals surface area (Å²) in [5.74, 6) is -1.10. The molecule has 0 aliphatic heterocycles. The molecule has 0 fully saturated rings. The topological polar surface area (TPSA) is 64.4 Å². The smallest absolute Gasteiger partial charge is 0.340 e. The number of halogens is 1. The lowest BCUT2D eigenvalue weighted by atomic mass is 10.2. The summed E-state index contributed by atoms with van der Waals surface area (Å²) in [6.45, 7) is 0.535. The number of hydrogen-bond acceptors (Lipinski definition) is 3. The number of hydrogen-bond donors (Lipinski definition) is 1. The van der Waals surface area contributed by atoms with Crippen LogP contribution in [0.2, 0.25) is 5.15 Å². The standard InChI is InChI=1S/C13H13ClN2O3/c1-19-8-10-11(13(17)18)12(14)16(15-10)7-9-5-3-2-4-6-9/h2-6H,7-8H2,1H3,(H,17,18). The van der Waals surface area contributed by atoms with Crippen LogP contribution in [-0.4, -0.2) is 28.0 Å². The van der Waals surface area contributed by atoms with Crippen molar-refractivity contribution in [2.75, 3.05) is 7.11 Å². The van der Waals surface area contributed by atoms with Crippen molar-refractivity contribution in [3.05, 3.63) is 52.3 Å². The molecular formula is C13H13ClN2O3. The van der Waals surface area contributed by atoms with E-state index in [1.807, 2.05) is 30.3 Å². The number of benzene rings is 1. The number of nitrogens with zero attached hydrogens (tertiary/aromatic N) is 2. The minimum absolute atomic E-state index is 0.000511. The molecule has 2 aromatic rings. The third-order valence-corrected chi connectivity index (χ3v) is 3.02. The van der Waals surface area contributed by atoms with Crippen molar-refractivity contribution in [1.29, 1.82) is 0 Å². The Bertz CT molecular complexity index is 581. The normalized spacial score (nSPS) is 10.6. The Morgan fingerprint density at radius 3 is 2.68 bits per heavy atom. The number of ether oxygens (including phenoxy) is 1. The van der Waals surface area contributed by atoms with E-state index in [9.17, 15) is 4.79 Å². The van der Waals surface area contributed by atoms with Crippen molar-refractivity contribution in [3.63, 3.8) is 0 Å². The van der Waals surface area contributed by atoms with Gasteiger partial charge >= 0.3 is 5.97 Å². The summed E-state index contributed by atoms with van der Waals surface area (Å²) in [6, 6.07) is 9.57. The van der Waals surface area contributed by atoms with Crippen LogP contribution >= 0.6 is 11.6 Å². The largest absolute Gasteiger partial charge is 0.478 e. The molecule has 2 rings (SSSR count). The molecule has 0 spiro atoms. The van der Waals surface area contributed by atoms with Crippen molar-refractivity contribution in [2.45, 2.75) is 13.2 Å². The van der Waals surface area contributed by atoms with E-state index in [2.05, 4.69) is 5.10 Å². The first-order valence-corrected chi connectivity index (χ1v) is 6.02. The number of carboxylic acid groups (broad SMARTS) is 1. The number of methoxy groups -OCH3 is 1. The predicted molar refractivity (Wildman–Crippen MR) is 70.5 cm³/mol. The lowest BCUT2D eigenvalue weighted by molar-refractivity contribution is 0.0692. The number of aromatic nitrogens is 2. The number of carboxylic acids is 1. The fraction of sp³-hybridized carbons (Fsp3) is 0.231. The molecule has 0 unspecified atom stereocenters. The first-order chi connectivity index (χ1) is 9.13. The maximum Gasteiger partial charge on any atom is 0.340 e. The van der Waals surface area contributed by atoms with E-state index in [-0.39, 0.29) is 17.3 Å². The van der Waals surface area contributed by atoms with Gasteiger partial charge in [-0.1, -0.05) is 41.9 Å². The maximum atomic E-state index is 11.2. The highest BCUT2D eigenvalue weighted by Crippen LogP contribution is 2.22. The van der Waals surface area contributed by atoms with Crippen molar-refractivity contribution in [3.8, 4) is 0 Å². The fourth-order valence-electron chi connectivity index (χ4n) is 1.80. The van der Waals surface area contributed by atoms with Gasteiger partial charge in [-0.25, -0.2) is 9.48 Å². The molecule has 19 heavy (non-hydrogen) atoms. The molecule has 0 saturated heterocycles. The van der Waals surface area contributed by atoms with Gasteiger partial charge in [0.15, 0.2) is 0 Å². The van der Waals surface area contributed by atoms with Gasteiger partial charge in [0.25, 0.3) is 0 Å². The van der Waals surface area contributed by atoms with E-state index in [1.54, 1.807) is 0 Å². The Morgan fingerprint density at radius 2 is 2.11 bits per heavy atom. The average molecular weight is 281 g/mol. The monoisotopic (exact) mass is 280 g/mol. The van der Waals surface area contributed by atoms with Crippen LogP contribution in [0, 0.1) is 0 Å². The van der Waals surface area contributed by atoms with Gasteiger partial charge in [0.05, 0.1) is 13.2 Å². The van der Waals surface area contributed by atoms with Crippen LogP contribution in [0.5, 0.6) is 0 Å². The zero-order valence-corrected chi connectivity index (χ0v) is 11.1. The lowest BCUT2D eigenvalue weighted by Crippen LogP contribution is -2.02. The minimum atomic E-state index is -1.10. The van der Waals surface area contributed by atoms with Crippen molar-refractivity contribution >= 4 is 17.6 Å². The average Bonchev–Trinajstić information content (AvgIpc) is 2.68. The van der Waals surface area contributed by atoms with E-state index in [4.69, 9.17) is 21.4 Å². The van der Waals surface area contributed by atoms with E-state index in [0.717, 1.165) is 5.56 Å². The Labute approximate surface area is 115 Å². The van der Waals surface area contributed by atoms with Gasteiger partial charge in [-0.2, -0.15) is 5.10 Å². The van der Waals surface area contributed by atoms with Gasteiger partial charge in [-0.15, -0.1) is 0 Å². The summed E-state index contributed by atoms with van der Waals surface area (Å²) in [4.78, 5) is 11.2. The van der Waals surface area contributed by atoms with Crippen molar-refractivity contribution in [2.24, 2.45) is 0 Å². The molecule has 5 nitrogen and oxygen atoms in total. The summed E-state index contributed by atoms with van der Waals surface area (Å²) in [6.07, 6.45) is 0. The molecule has 1 aromatic carbocycles. The zero-order valence-electron chi connectivity index (χ0n) is 10.3. The molecule has 0 aliphatic rings. The van der Waals surface area contributed by atoms with Crippen molar-refractivity contribution in [1.82, 2.24) is 9.78 Å². The highest BCUT2D eigenvalue weighted by molar-refractivity contribution is 6.32. The highest BCUT2D eigenvalue weighted by Gasteiger charge is 2.22. The zero-order chi connectivity index (χ0) is 13.8. The molecule has 0 saturated carbocycles. The summed E-state index contributed by atoms with van der Waals surface area (Å²) >= 11 is 6.07. The fourth-order valence-corrected chi connectivity index (χ4v) is 2.09. The van der Waals surface area contributed by atoms with E-state index < -0.39 is 5.97 Å². The number of carbonyl (C=O) groups is 1. The van der Waals surface area contributed by atoms with Gasteiger partial charge in [-0.05, 0) is 5.56 Å². The second-order valence-corrected chi connectivity index (χ2v) is 4.35. The van der Waals surface area contributed by atoms with Gasteiger partial charge < -0.3 is 9.84 Å². The molecule has 1 N–H and O–H groups in total. The van der Waals surface area contributed by atoms with E-state index in [1.165, 1.54) is 11.8 Å². The molecule has 0 bridgehead atoms. The lowest BCUT2D eigenvalue weighted by Gasteiger charge is -2.02. The first-order valence-electron chi connectivity index (χ1n) is 5.64. The third-order valence-electron chi connectivity index (χ3n) is 2.63. The highest BCUT2D eigenvalue weighted by atomic mass is 35.5. The molecule has 1 aromatic heterocycles. The van der Waals surface area contributed by atoms with Crippen molar-refractivity contribution < 1.29 is 14.6 Å². The quantitative estimate of drug-likeness (QED) is 0.913. The van der Waals surface area contributed by atoms with Crippen LogP contribution in [0.4, 0.5) is 0 Å². The van der Waals surface area contributed by atoms with E-state index in [0.29, 0.717) is 12.2 Å². The second-order valence-electron chi connectivity index (χ2n) is 3.99. The van der Waals surface area contributed by atoms with Crippen LogP contribution in [0.15, 0.2) is 30.3 Å². The van der Waals surface area contributed by atoms with Crippen LogP contribution in [-0.2, 0) is 17.9 Å². The Balaban J connectivity index is 2.36. The van der Waals surface area contributed by atoms with Crippen LogP contribution < -0.4 is 0 Å². The molecule has 1 heterocycles. The summed E-state index contributed by atoms with van der Waals surface area (Å²) in [7, 11) is 1.48. The Morgan fingerprint density at radius 1 is 1.42 bits per heavy atom. The van der Waals surface area contributed by atoms with E-state index >= 15 is 0 Å². The summed E-state index contributed by atoms with van der Waals surface area (Å²) in [5, 5.41) is 13.5. The van der Waals surface area contributed by atoms with Crippen LogP contribution in [0.3, 0.4) is 0 Å². The van der Waals surface area contributed by atoms with Crippen LogP contribution in [0.1, 0.15) is 21.6 Å². The molecule has 0 amide bonds. The van der Waals surface area contributed by atoms with Gasteiger partial charge in [0.2, 0.25) is 0 Å². The first kappa shape index (κ1) is 13.6. The number of rotatable bonds is 5. The minimum Gasteiger partial charge on any atom is -0.478 e. The molecule has 0 atom stereocenters. The summed E-state index contributed by atoms with van der Waals surface area (Å²) < 4.78 is 6.41. The molecule has 0 aliphatic carbocycles. The van der Waals surface area contributed by atoms with Gasteiger partial charge in [-0.3, -0.25) is 0 Å². The second kappa shape index (κ2) is 5.86. The summed E-state index contributed by atoms with van der Waals surface area (Å²) in [5.41, 5.74) is 1.32. The molecular weight excluding hydrogens is 268 g/mol. The Hall–Kier alpha value is -1.85. The van der Waals surface area contributed by atoms with Crippen LogP contribution in [0.25, 0.3) is 0 Å². The SMILES string of the molecule is COCc1nn(Cc2ccccc2)c(Cl)c1C(=O)O. The van der Waals surface area contributed by atoms with Gasteiger partial charge in [0.1, 0.15) is 16.4 Å². The number of aromatic carboxylic acids is 1. The Kier molecular flexibility index (Phi) is 4.19. The maximum absolute atomic E-state index is 11.2.